The van der Waals surface area contributed by atoms with E-state index >= 15 is 0 Å². The molecule has 0 bridgehead atoms. The van der Waals surface area contributed by atoms with Crippen molar-refractivity contribution in [3.8, 4) is 5.75 Å². The molecule has 36 heavy (non-hydrogen) atoms. The summed E-state index contributed by atoms with van der Waals surface area (Å²) < 4.78 is 11.1. The third-order valence-electron chi connectivity index (χ3n) is 6.49. The number of methoxy groups -OCH3 is 1. The van der Waals surface area contributed by atoms with Crippen LogP contribution in [0.5, 0.6) is 5.75 Å². The average molecular weight is 509 g/mol. The van der Waals surface area contributed by atoms with Crippen LogP contribution in [0.4, 0.5) is 28.8 Å². The zero-order valence-electron chi connectivity index (χ0n) is 20.4. The molecule has 1 fully saturated rings. The summed E-state index contributed by atoms with van der Waals surface area (Å²) in [6.45, 7) is 6.48. The summed E-state index contributed by atoms with van der Waals surface area (Å²) in [7, 11) is 1.63. The molecule has 2 aromatic carbocycles. The molecule has 2 aliphatic heterocycles. The van der Waals surface area contributed by atoms with Crippen molar-refractivity contribution in [1.82, 2.24) is 14.9 Å². The number of amides is 1. The van der Waals surface area contributed by atoms with E-state index in [4.69, 9.17) is 21.1 Å². The standard InChI is InChI=1S/C26H29ClN6O3/c1-3-32-10-9-17-5-4-6-21(23(17)25(32)34)29-24-19(27)16-28-26(31-24)30-20-8-7-18(15-22(20)35-2)33-11-13-36-14-12-33/h4-8,15-16H,3,9-14H2,1-2H3,(H2,28,29,30,31). The van der Waals surface area contributed by atoms with Crippen LogP contribution in [0.1, 0.15) is 22.8 Å². The Bertz CT molecular complexity index is 1260. The number of aromatic nitrogens is 2. The third-order valence-corrected chi connectivity index (χ3v) is 6.77. The maximum Gasteiger partial charge on any atom is 0.256 e. The lowest BCUT2D eigenvalue weighted by Gasteiger charge is -2.29. The second-order valence-corrected chi connectivity index (χ2v) is 9.01. The fourth-order valence-corrected chi connectivity index (χ4v) is 4.68. The molecule has 0 aliphatic carbocycles. The van der Waals surface area contributed by atoms with E-state index in [2.05, 4.69) is 25.5 Å². The molecule has 9 nitrogen and oxygen atoms in total. The number of carbonyl (C=O) groups excluding carboxylic acids is 1. The number of rotatable bonds is 7. The topological polar surface area (TPSA) is 91.8 Å². The fraction of sp³-hybridized carbons (Fsp3) is 0.346. The molecule has 0 saturated carbocycles. The summed E-state index contributed by atoms with van der Waals surface area (Å²) in [6, 6.07) is 11.8. The van der Waals surface area contributed by atoms with Gasteiger partial charge in [-0.15, -0.1) is 0 Å². The van der Waals surface area contributed by atoms with Crippen LogP contribution in [-0.2, 0) is 11.2 Å². The van der Waals surface area contributed by atoms with Crippen molar-refractivity contribution in [3.05, 3.63) is 58.7 Å². The predicted octanol–water partition coefficient (Wildman–Crippen LogP) is 4.48. The van der Waals surface area contributed by atoms with Crippen LogP contribution in [-0.4, -0.2) is 67.3 Å². The number of nitrogens with one attached hydrogen (secondary N) is 2. The number of hydrogen-bond donors (Lipinski definition) is 2. The Balaban J connectivity index is 1.39. The summed E-state index contributed by atoms with van der Waals surface area (Å²) in [4.78, 5) is 26.1. The number of anilines is 5. The molecule has 3 heterocycles. The number of halogens is 1. The molecule has 0 atom stereocenters. The number of benzene rings is 2. The van der Waals surface area contributed by atoms with Gasteiger partial charge in [0.15, 0.2) is 5.82 Å². The Kier molecular flexibility index (Phi) is 7.11. The first-order valence-electron chi connectivity index (χ1n) is 12.1. The highest BCUT2D eigenvalue weighted by atomic mass is 35.5. The minimum atomic E-state index is 0.00970. The van der Waals surface area contributed by atoms with Crippen molar-refractivity contribution in [3.63, 3.8) is 0 Å². The van der Waals surface area contributed by atoms with Gasteiger partial charge in [-0.1, -0.05) is 23.7 Å². The fourth-order valence-electron chi connectivity index (χ4n) is 4.55. The van der Waals surface area contributed by atoms with Crippen LogP contribution in [0.3, 0.4) is 0 Å². The monoisotopic (exact) mass is 508 g/mol. The van der Waals surface area contributed by atoms with Gasteiger partial charge in [-0.05, 0) is 37.1 Å². The lowest BCUT2D eigenvalue weighted by Crippen LogP contribution is -2.37. The molecule has 10 heteroatoms. The van der Waals surface area contributed by atoms with Crippen molar-refractivity contribution in [2.24, 2.45) is 0 Å². The van der Waals surface area contributed by atoms with Crippen molar-refractivity contribution >= 4 is 46.3 Å². The average Bonchev–Trinajstić information content (AvgIpc) is 2.91. The number of carbonyl (C=O) groups is 1. The zero-order chi connectivity index (χ0) is 25.1. The second-order valence-electron chi connectivity index (χ2n) is 8.60. The highest BCUT2D eigenvalue weighted by Crippen LogP contribution is 2.34. The predicted molar refractivity (Wildman–Crippen MR) is 141 cm³/mol. The van der Waals surface area contributed by atoms with E-state index in [0.717, 1.165) is 43.0 Å². The van der Waals surface area contributed by atoms with Gasteiger partial charge >= 0.3 is 0 Å². The minimum absolute atomic E-state index is 0.00970. The van der Waals surface area contributed by atoms with Gasteiger partial charge in [0.25, 0.3) is 5.91 Å². The molecule has 0 unspecified atom stereocenters. The molecular formula is C26H29ClN6O3. The number of hydrogen-bond acceptors (Lipinski definition) is 8. The maximum absolute atomic E-state index is 13.0. The van der Waals surface area contributed by atoms with Crippen LogP contribution in [0.25, 0.3) is 0 Å². The van der Waals surface area contributed by atoms with Crippen LogP contribution in [0, 0.1) is 0 Å². The van der Waals surface area contributed by atoms with E-state index in [9.17, 15) is 4.79 Å². The molecule has 1 aromatic heterocycles. The van der Waals surface area contributed by atoms with E-state index in [1.165, 1.54) is 6.20 Å². The minimum Gasteiger partial charge on any atom is -0.494 e. The molecular weight excluding hydrogens is 480 g/mol. The van der Waals surface area contributed by atoms with Gasteiger partial charge in [0.2, 0.25) is 5.95 Å². The number of fused-ring (bicyclic) bond motifs is 1. The quantitative estimate of drug-likeness (QED) is 0.482. The molecule has 2 N–H and O–H groups in total. The summed E-state index contributed by atoms with van der Waals surface area (Å²) >= 11 is 6.44. The van der Waals surface area contributed by atoms with E-state index in [1.54, 1.807) is 7.11 Å². The molecule has 1 amide bonds. The van der Waals surface area contributed by atoms with Gasteiger partial charge in [0, 0.05) is 37.9 Å². The van der Waals surface area contributed by atoms with E-state index in [-0.39, 0.29) is 5.91 Å². The van der Waals surface area contributed by atoms with Gasteiger partial charge in [-0.3, -0.25) is 4.79 Å². The third kappa shape index (κ3) is 4.89. The van der Waals surface area contributed by atoms with Crippen LogP contribution in [0.2, 0.25) is 5.02 Å². The van der Waals surface area contributed by atoms with Crippen molar-refractivity contribution in [1.29, 1.82) is 0 Å². The van der Waals surface area contributed by atoms with Gasteiger partial charge < -0.3 is 29.9 Å². The van der Waals surface area contributed by atoms with Crippen molar-refractivity contribution in [2.75, 3.05) is 62.0 Å². The smallest absolute Gasteiger partial charge is 0.256 e. The number of nitrogens with zero attached hydrogens (tertiary/aromatic N) is 4. The molecule has 1 saturated heterocycles. The summed E-state index contributed by atoms with van der Waals surface area (Å²) in [5, 5.41) is 6.84. The van der Waals surface area contributed by atoms with Gasteiger partial charge in [-0.25, -0.2) is 4.98 Å². The second kappa shape index (κ2) is 10.6. The van der Waals surface area contributed by atoms with Gasteiger partial charge in [-0.2, -0.15) is 4.98 Å². The first-order valence-corrected chi connectivity index (χ1v) is 12.4. The first kappa shape index (κ1) is 24.1. The zero-order valence-corrected chi connectivity index (χ0v) is 21.1. The molecule has 5 rings (SSSR count). The Hall–Kier alpha value is -3.56. The Morgan fingerprint density at radius 2 is 1.94 bits per heavy atom. The molecule has 3 aromatic rings. The number of morpholine rings is 1. The Labute approximate surface area is 215 Å². The van der Waals surface area contributed by atoms with Crippen molar-refractivity contribution < 1.29 is 14.3 Å². The van der Waals surface area contributed by atoms with E-state index < -0.39 is 0 Å². The highest BCUT2D eigenvalue weighted by molar-refractivity contribution is 6.33. The lowest BCUT2D eigenvalue weighted by atomic mass is 9.97. The SMILES string of the molecule is CCN1CCc2cccc(Nc3nc(Nc4ccc(N5CCOCC5)cc4OC)ncc3Cl)c2C1=O. The van der Waals surface area contributed by atoms with Gasteiger partial charge in [0.1, 0.15) is 10.8 Å². The van der Waals surface area contributed by atoms with Crippen LogP contribution in [0.15, 0.2) is 42.6 Å². The number of likely N-dealkylation sites (N-methyl/N-ethyl adjacent to an activating group) is 1. The summed E-state index contributed by atoms with van der Waals surface area (Å²) in [5.41, 5.74) is 4.15. The highest BCUT2D eigenvalue weighted by Gasteiger charge is 2.26. The maximum atomic E-state index is 13.0. The Morgan fingerprint density at radius 1 is 1.11 bits per heavy atom. The normalized spacial score (nSPS) is 15.5. The Morgan fingerprint density at radius 3 is 2.72 bits per heavy atom. The summed E-state index contributed by atoms with van der Waals surface area (Å²) in [6.07, 6.45) is 2.35. The largest absolute Gasteiger partial charge is 0.494 e. The molecule has 2 aliphatic rings. The lowest BCUT2D eigenvalue weighted by molar-refractivity contribution is 0.0750. The number of ether oxygens (including phenoxy) is 2. The first-order chi connectivity index (χ1) is 17.6. The molecule has 0 spiro atoms. The van der Waals surface area contributed by atoms with Crippen LogP contribution >= 0.6 is 11.6 Å². The van der Waals surface area contributed by atoms with Crippen molar-refractivity contribution in [2.45, 2.75) is 13.3 Å². The molecule has 0 radical (unpaired) electrons. The molecule has 188 valence electrons. The van der Waals surface area contributed by atoms with E-state index in [1.807, 2.05) is 48.2 Å². The van der Waals surface area contributed by atoms with Gasteiger partial charge in [0.05, 0.1) is 43.5 Å². The summed E-state index contributed by atoms with van der Waals surface area (Å²) in [5.74, 6) is 1.45. The van der Waals surface area contributed by atoms with Crippen LogP contribution < -0.4 is 20.3 Å². The van der Waals surface area contributed by atoms with E-state index in [0.29, 0.717) is 53.5 Å².